The van der Waals surface area contributed by atoms with E-state index in [1.807, 2.05) is 0 Å². The normalized spacial score (nSPS) is 11.8. The first-order valence-electron chi connectivity index (χ1n) is 4.74. The molecule has 1 rings (SSSR count). The summed E-state index contributed by atoms with van der Waals surface area (Å²) in [5.41, 5.74) is 2.16. The standard InChI is InChI=1S/C10H12Cl2N2O3/c1-6(16-2)13-10(15)14-17-9-5-7(11)3-4-8(9)12/h3-6H,1-2H3,(H2,13,14,15). The second kappa shape index (κ2) is 6.54. The van der Waals surface area contributed by atoms with Crippen molar-refractivity contribution in [1.82, 2.24) is 10.8 Å². The highest BCUT2D eigenvalue weighted by Crippen LogP contribution is 2.26. The van der Waals surface area contributed by atoms with Gasteiger partial charge in [-0.2, -0.15) is 5.48 Å². The van der Waals surface area contributed by atoms with Crippen molar-refractivity contribution in [2.24, 2.45) is 0 Å². The molecule has 1 aromatic carbocycles. The SMILES string of the molecule is COC(C)NC(=O)NOc1cc(Cl)ccc1Cl. The van der Waals surface area contributed by atoms with Crippen LogP contribution in [0.5, 0.6) is 5.75 Å². The van der Waals surface area contributed by atoms with Gasteiger partial charge >= 0.3 is 6.03 Å². The fraction of sp³-hybridized carbons (Fsp3) is 0.300. The zero-order chi connectivity index (χ0) is 12.8. The minimum Gasteiger partial charge on any atom is -0.376 e. The molecule has 2 amide bonds. The van der Waals surface area contributed by atoms with Crippen molar-refractivity contribution in [2.45, 2.75) is 13.2 Å². The molecule has 1 unspecified atom stereocenters. The minimum absolute atomic E-state index is 0.263. The molecule has 0 aliphatic rings. The summed E-state index contributed by atoms with van der Waals surface area (Å²) in [6.07, 6.45) is -0.423. The molecule has 0 heterocycles. The number of ether oxygens (including phenoxy) is 1. The van der Waals surface area contributed by atoms with Crippen molar-refractivity contribution in [3.8, 4) is 5.75 Å². The number of methoxy groups -OCH3 is 1. The van der Waals surface area contributed by atoms with Gasteiger partial charge in [-0.15, -0.1) is 0 Å². The van der Waals surface area contributed by atoms with Crippen LogP contribution in [0, 0.1) is 0 Å². The van der Waals surface area contributed by atoms with Gasteiger partial charge in [0, 0.05) is 18.2 Å². The van der Waals surface area contributed by atoms with Gasteiger partial charge < -0.3 is 14.9 Å². The maximum Gasteiger partial charge on any atom is 0.349 e. The lowest BCUT2D eigenvalue weighted by atomic mass is 10.3. The number of amides is 2. The van der Waals surface area contributed by atoms with E-state index in [0.717, 1.165) is 0 Å². The largest absolute Gasteiger partial charge is 0.376 e. The maximum absolute atomic E-state index is 11.3. The summed E-state index contributed by atoms with van der Waals surface area (Å²) in [5, 5.41) is 3.26. The Kier molecular flexibility index (Phi) is 5.34. The number of nitrogens with one attached hydrogen (secondary N) is 2. The molecule has 5 nitrogen and oxygen atoms in total. The van der Waals surface area contributed by atoms with Crippen molar-refractivity contribution in [3.05, 3.63) is 28.2 Å². The van der Waals surface area contributed by atoms with Gasteiger partial charge in [0.2, 0.25) is 0 Å². The van der Waals surface area contributed by atoms with Gasteiger partial charge in [-0.25, -0.2) is 4.79 Å². The van der Waals surface area contributed by atoms with E-state index in [2.05, 4.69) is 10.8 Å². The molecule has 0 aliphatic carbocycles. The average Bonchev–Trinajstić information content (AvgIpc) is 2.30. The lowest BCUT2D eigenvalue weighted by molar-refractivity contribution is 0.0879. The molecule has 0 saturated carbocycles. The molecule has 1 aromatic rings. The Balaban J connectivity index is 2.50. The van der Waals surface area contributed by atoms with Gasteiger partial charge in [-0.1, -0.05) is 23.2 Å². The predicted octanol–water partition coefficient (Wildman–Crippen LogP) is 2.58. The van der Waals surface area contributed by atoms with E-state index in [0.29, 0.717) is 10.0 Å². The van der Waals surface area contributed by atoms with Crippen LogP contribution < -0.4 is 15.6 Å². The Bertz CT molecular complexity index is 401. The molecule has 0 radical (unpaired) electrons. The molecule has 2 N–H and O–H groups in total. The van der Waals surface area contributed by atoms with E-state index < -0.39 is 12.3 Å². The Morgan fingerprint density at radius 1 is 1.41 bits per heavy atom. The number of hydrogen-bond acceptors (Lipinski definition) is 3. The molecular weight excluding hydrogens is 267 g/mol. The van der Waals surface area contributed by atoms with Crippen molar-refractivity contribution in [2.75, 3.05) is 7.11 Å². The number of carbonyl (C=O) groups is 1. The van der Waals surface area contributed by atoms with E-state index in [9.17, 15) is 4.79 Å². The van der Waals surface area contributed by atoms with Crippen molar-refractivity contribution >= 4 is 29.2 Å². The molecule has 17 heavy (non-hydrogen) atoms. The molecule has 0 spiro atoms. The minimum atomic E-state index is -0.546. The van der Waals surface area contributed by atoms with Crippen molar-refractivity contribution in [1.29, 1.82) is 0 Å². The van der Waals surface area contributed by atoms with Crippen LogP contribution in [0.2, 0.25) is 10.0 Å². The van der Waals surface area contributed by atoms with Crippen LogP contribution in [-0.4, -0.2) is 19.4 Å². The summed E-state index contributed by atoms with van der Waals surface area (Å²) in [5.74, 6) is 0.263. The Morgan fingerprint density at radius 3 is 2.76 bits per heavy atom. The topological polar surface area (TPSA) is 59.6 Å². The van der Waals surface area contributed by atoms with E-state index in [-0.39, 0.29) is 5.75 Å². The third kappa shape index (κ3) is 4.68. The number of halogens is 2. The van der Waals surface area contributed by atoms with Crippen molar-refractivity contribution < 1.29 is 14.4 Å². The molecule has 0 saturated heterocycles. The zero-order valence-electron chi connectivity index (χ0n) is 9.29. The van der Waals surface area contributed by atoms with Gasteiger partial charge in [0.1, 0.15) is 6.23 Å². The number of hydroxylamine groups is 1. The Labute approximate surface area is 109 Å². The monoisotopic (exact) mass is 278 g/mol. The highest BCUT2D eigenvalue weighted by Gasteiger charge is 2.08. The summed E-state index contributed by atoms with van der Waals surface area (Å²) < 4.78 is 4.84. The summed E-state index contributed by atoms with van der Waals surface area (Å²) in [4.78, 5) is 16.3. The number of rotatable bonds is 4. The van der Waals surface area contributed by atoms with Gasteiger partial charge in [0.25, 0.3) is 0 Å². The number of urea groups is 1. The maximum atomic E-state index is 11.3. The zero-order valence-corrected chi connectivity index (χ0v) is 10.8. The highest BCUT2D eigenvalue weighted by molar-refractivity contribution is 6.34. The van der Waals surface area contributed by atoms with Crippen LogP contribution in [0.15, 0.2) is 18.2 Å². The van der Waals surface area contributed by atoms with Gasteiger partial charge in [-0.3, -0.25) is 0 Å². The smallest absolute Gasteiger partial charge is 0.349 e. The molecular formula is C10H12Cl2N2O3. The van der Waals surface area contributed by atoms with Gasteiger partial charge in [0.15, 0.2) is 5.75 Å². The van der Waals surface area contributed by atoms with E-state index in [4.69, 9.17) is 32.8 Å². The molecule has 94 valence electrons. The number of benzene rings is 1. The van der Waals surface area contributed by atoms with Crippen LogP contribution >= 0.6 is 23.2 Å². The number of hydrogen-bond donors (Lipinski definition) is 2. The molecule has 0 bridgehead atoms. The first-order chi connectivity index (χ1) is 8.02. The second-order valence-corrected chi connectivity index (χ2v) is 3.97. The quantitative estimate of drug-likeness (QED) is 0.657. The molecule has 7 heteroatoms. The third-order valence-corrected chi connectivity index (χ3v) is 2.38. The highest BCUT2D eigenvalue weighted by atomic mass is 35.5. The van der Waals surface area contributed by atoms with E-state index >= 15 is 0 Å². The lowest BCUT2D eigenvalue weighted by Crippen LogP contribution is -2.42. The van der Waals surface area contributed by atoms with Crippen LogP contribution in [0.1, 0.15) is 6.92 Å². The Morgan fingerprint density at radius 2 is 2.12 bits per heavy atom. The fourth-order valence-corrected chi connectivity index (χ4v) is 1.25. The fourth-order valence-electron chi connectivity index (χ4n) is 0.930. The number of carbonyl (C=O) groups excluding carboxylic acids is 1. The predicted molar refractivity (Wildman–Crippen MR) is 65.2 cm³/mol. The Hall–Kier alpha value is -1.17. The molecule has 0 fully saturated rings. The first-order valence-corrected chi connectivity index (χ1v) is 5.49. The van der Waals surface area contributed by atoms with Gasteiger partial charge in [0.05, 0.1) is 5.02 Å². The van der Waals surface area contributed by atoms with Crippen molar-refractivity contribution in [3.63, 3.8) is 0 Å². The summed E-state index contributed by atoms with van der Waals surface area (Å²) in [6.45, 7) is 1.67. The third-order valence-electron chi connectivity index (χ3n) is 1.83. The summed E-state index contributed by atoms with van der Waals surface area (Å²) >= 11 is 11.6. The van der Waals surface area contributed by atoms with Crippen LogP contribution in [-0.2, 0) is 4.74 Å². The van der Waals surface area contributed by atoms with Crippen LogP contribution in [0.3, 0.4) is 0 Å². The second-order valence-electron chi connectivity index (χ2n) is 3.13. The van der Waals surface area contributed by atoms with Crippen LogP contribution in [0.25, 0.3) is 0 Å². The van der Waals surface area contributed by atoms with E-state index in [1.165, 1.54) is 13.2 Å². The van der Waals surface area contributed by atoms with E-state index in [1.54, 1.807) is 19.1 Å². The van der Waals surface area contributed by atoms with Gasteiger partial charge in [-0.05, 0) is 19.1 Å². The van der Waals surface area contributed by atoms with Crippen LogP contribution in [0.4, 0.5) is 4.79 Å². The summed E-state index contributed by atoms with van der Waals surface area (Å²) in [7, 11) is 1.47. The first kappa shape index (κ1) is 13.9. The molecule has 0 aliphatic heterocycles. The average molecular weight is 279 g/mol. The lowest BCUT2D eigenvalue weighted by Gasteiger charge is -2.13. The molecule has 1 atom stereocenters. The summed E-state index contributed by atoms with van der Waals surface area (Å²) in [6, 6.07) is 4.13. The molecule has 0 aromatic heterocycles.